The smallest absolute Gasteiger partial charge is 0.185 e. The normalized spacial score (nSPS) is 27.2. The van der Waals surface area contributed by atoms with Crippen molar-refractivity contribution >= 4 is 16.5 Å². The number of fused-ring (bicyclic) bond motifs is 1. The van der Waals surface area contributed by atoms with Gasteiger partial charge >= 0.3 is 0 Å². The van der Waals surface area contributed by atoms with Crippen molar-refractivity contribution in [1.29, 1.82) is 0 Å². The quantitative estimate of drug-likeness (QED) is 0.834. The first-order valence-electron chi connectivity index (χ1n) is 6.55. The number of anilines is 1. The van der Waals surface area contributed by atoms with Gasteiger partial charge in [-0.1, -0.05) is 25.2 Å². The average molecular weight is 251 g/mol. The molecule has 4 heteroatoms. The maximum atomic E-state index is 6.16. The SMILES string of the molecule is CC1(C)CCN(c2nc3c(s2)C(N)CCC3)C1. The Labute approximate surface area is 107 Å². The molecule has 1 aromatic heterocycles. The molecule has 1 saturated heterocycles. The molecule has 1 unspecified atom stereocenters. The van der Waals surface area contributed by atoms with Crippen molar-refractivity contribution in [2.24, 2.45) is 11.1 Å². The van der Waals surface area contributed by atoms with Crippen molar-refractivity contribution in [2.75, 3.05) is 18.0 Å². The van der Waals surface area contributed by atoms with Crippen LogP contribution in [0.25, 0.3) is 0 Å². The molecule has 0 bridgehead atoms. The van der Waals surface area contributed by atoms with Gasteiger partial charge < -0.3 is 10.6 Å². The molecular weight excluding hydrogens is 230 g/mol. The summed E-state index contributed by atoms with van der Waals surface area (Å²) in [4.78, 5) is 8.60. The van der Waals surface area contributed by atoms with Crippen LogP contribution in [0.15, 0.2) is 0 Å². The Morgan fingerprint density at radius 2 is 2.29 bits per heavy atom. The Balaban J connectivity index is 1.85. The van der Waals surface area contributed by atoms with Crippen molar-refractivity contribution in [2.45, 2.75) is 45.6 Å². The van der Waals surface area contributed by atoms with Crippen LogP contribution in [0.3, 0.4) is 0 Å². The Kier molecular flexibility index (Phi) is 2.67. The number of rotatable bonds is 1. The summed E-state index contributed by atoms with van der Waals surface area (Å²) < 4.78 is 0. The number of hydrogen-bond donors (Lipinski definition) is 1. The second-order valence-electron chi connectivity index (χ2n) is 6.14. The molecule has 2 N–H and O–H groups in total. The molecule has 2 aliphatic rings. The van der Waals surface area contributed by atoms with Gasteiger partial charge in [0.2, 0.25) is 0 Å². The average Bonchev–Trinajstić information content (AvgIpc) is 2.82. The lowest BCUT2D eigenvalue weighted by Gasteiger charge is -2.18. The van der Waals surface area contributed by atoms with Gasteiger partial charge in [0.15, 0.2) is 5.13 Å². The van der Waals surface area contributed by atoms with Crippen LogP contribution in [0.1, 0.15) is 49.7 Å². The van der Waals surface area contributed by atoms with Gasteiger partial charge in [0.1, 0.15) is 0 Å². The second kappa shape index (κ2) is 3.95. The lowest BCUT2D eigenvalue weighted by molar-refractivity contribution is 0.418. The molecule has 1 aromatic rings. The Bertz CT molecular complexity index is 424. The summed E-state index contributed by atoms with van der Waals surface area (Å²) in [5, 5.41) is 1.21. The molecule has 1 aliphatic heterocycles. The largest absolute Gasteiger partial charge is 0.348 e. The van der Waals surface area contributed by atoms with E-state index in [4.69, 9.17) is 10.7 Å². The molecule has 0 amide bonds. The van der Waals surface area contributed by atoms with Crippen LogP contribution in [-0.4, -0.2) is 18.1 Å². The maximum Gasteiger partial charge on any atom is 0.185 e. The summed E-state index contributed by atoms with van der Waals surface area (Å²) in [6, 6.07) is 0.237. The zero-order chi connectivity index (χ0) is 12.0. The van der Waals surface area contributed by atoms with E-state index in [0.717, 1.165) is 25.9 Å². The zero-order valence-electron chi connectivity index (χ0n) is 10.7. The van der Waals surface area contributed by atoms with E-state index in [2.05, 4.69) is 18.7 Å². The van der Waals surface area contributed by atoms with Gasteiger partial charge in [-0.15, -0.1) is 0 Å². The maximum absolute atomic E-state index is 6.16. The molecule has 17 heavy (non-hydrogen) atoms. The molecule has 94 valence electrons. The zero-order valence-corrected chi connectivity index (χ0v) is 11.5. The topological polar surface area (TPSA) is 42.2 Å². The van der Waals surface area contributed by atoms with Gasteiger partial charge in [-0.25, -0.2) is 4.98 Å². The molecule has 1 atom stereocenters. The van der Waals surface area contributed by atoms with E-state index in [1.807, 2.05) is 11.3 Å². The van der Waals surface area contributed by atoms with Crippen LogP contribution in [0, 0.1) is 5.41 Å². The summed E-state index contributed by atoms with van der Waals surface area (Å²) in [7, 11) is 0. The van der Waals surface area contributed by atoms with Crippen LogP contribution < -0.4 is 10.6 Å². The summed E-state index contributed by atoms with van der Waals surface area (Å²) in [5.41, 5.74) is 7.87. The van der Waals surface area contributed by atoms with Crippen molar-refractivity contribution in [3.05, 3.63) is 10.6 Å². The fourth-order valence-electron chi connectivity index (χ4n) is 2.85. The van der Waals surface area contributed by atoms with E-state index in [9.17, 15) is 0 Å². The second-order valence-corrected chi connectivity index (χ2v) is 7.15. The fourth-order valence-corrected chi connectivity index (χ4v) is 4.02. The standard InChI is InChI=1S/C13H21N3S/c1-13(2)6-7-16(8-13)12-15-10-5-3-4-9(14)11(10)17-12/h9H,3-8,14H2,1-2H3. The van der Waals surface area contributed by atoms with E-state index in [0.29, 0.717) is 5.41 Å². The van der Waals surface area contributed by atoms with E-state index in [1.54, 1.807) is 0 Å². The first-order chi connectivity index (χ1) is 8.05. The third kappa shape index (κ3) is 2.08. The minimum absolute atomic E-state index is 0.237. The highest BCUT2D eigenvalue weighted by molar-refractivity contribution is 7.15. The van der Waals surface area contributed by atoms with Crippen molar-refractivity contribution < 1.29 is 0 Å². The van der Waals surface area contributed by atoms with Crippen molar-refractivity contribution in [1.82, 2.24) is 4.98 Å². The third-order valence-electron chi connectivity index (χ3n) is 3.93. The van der Waals surface area contributed by atoms with Crippen LogP contribution in [0.2, 0.25) is 0 Å². The highest BCUT2D eigenvalue weighted by Crippen LogP contribution is 2.39. The molecule has 0 radical (unpaired) electrons. The molecule has 1 aliphatic carbocycles. The first-order valence-corrected chi connectivity index (χ1v) is 7.37. The molecular formula is C13H21N3S. The summed E-state index contributed by atoms with van der Waals surface area (Å²) in [5.74, 6) is 0. The lowest BCUT2D eigenvalue weighted by atomic mass is 9.93. The summed E-state index contributed by atoms with van der Waals surface area (Å²) >= 11 is 1.83. The molecule has 0 saturated carbocycles. The van der Waals surface area contributed by atoms with Gasteiger partial charge in [0, 0.05) is 24.0 Å². The van der Waals surface area contributed by atoms with Crippen molar-refractivity contribution in [3.63, 3.8) is 0 Å². The molecule has 1 fully saturated rings. The first kappa shape index (κ1) is 11.5. The van der Waals surface area contributed by atoms with Gasteiger partial charge in [-0.05, 0) is 31.1 Å². The number of nitrogens with zero attached hydrogens (tertiary/aromatic N) is 2. The number of thiazole rings is 1. The van der Waals surface area contributed by atoms with E-state index in [-0.39, 0.29) is 6.04 Å². The summed E-state index contributed by atoms with van der Waals surface area (Å²) in [6.07, 6.45) is 4.71. The highest BCUT2D eigenvalue weighted by atomic mass is 32.1. The van der Waals surface area contributed by atoms with Crippen LogP contribution >= 0.6 is 11.3 Å². The predicted molar refractivity (Wildman–Crippen MR) is 72.6 cm³/mol. The fraction of sp³-hybridized carbons (Fsp3) is 0.769. The minimum Gasteiger partial charge on any atom is -0.348 e. The summed E-state index contributed by atoms with van der Waals surface area (Å²) in [6.45, 7) is 6.96. The third-order valence-corrected chi connectivity index (χ3v) is 5.22. The minimum atomic E-state index is 0.237. The van der Waals surface area contributed by atoms with E-state index >= 15 is 0 Å². The van der Waals surface area contributed by atoms with Gasteiger partial charge in [-0.3, -0.25) is 0 Å². The van der Waals surface area contributed by atoms with Gasteiger partial charge in [-0.2, -0.15) is 0 Å². The van der Waals surface area contributed by atoms with Crippen LogP contribution in [0.5, 0.6) is 0 Å². The van der Waals surface area contributed by atoms with Crippen LogP contribution in [0.4, 0.5) is 5.13 Å². The van der Waals surface area contributed by atoms with E-state index < -0.39 is 0 Å². The predicted octanol–water partition coefficient (Wildman–Crippen LogP) is 2.72. The molecule has 3 rings (SSSR count). The van der Waals surface area contributed by atoms with Gasteiger partial charge in [0.25, 0.3) is 0 Å². The number of aryl methyl sites for hydroxylation is 1. The highest BCUT2D eigenvalue weighted by Gasteiger charge is 2.32. The Morgan fingerprint density at radius 3 is 2.94 bits per heavy atom. The lowest BCUT2D eigenvalue weighted by Crippen LogP contribution is -2.22. The monoisotopic (exact) mass is 251 g/mol. The Morgan fingerprint density at radius 1 is 1.47 bits per heavy atom. The van der Waals surface area contributed by atoms with E-state index in [1.165, 1.54) is 28.5 Å². The number of nitrogens with two attached hydrogens (primary N) is 1. The van der Waals surface area contributed by atoms with Gasteiger partial charge in [0.05, 0.1) is 5.69 Å². The number of hydrogen-bond acceptors (Lipinski definition) is 4. The Hall–Kier alpha value is -0.610. The van der Waals surface area contributed by atoms with Crippen molar-refractivity contribution in [3.8, 4) is 0 Å². The molecule has 0 aromatic carbocycles. The van der Waals surface area contributed by atoms with Crippen LogP contribution in [-0.2, 0) is 6.42 Å². The molecule has 3 nitrogen and oxygen atoms in total. The number of aromatic nitrogens is 1. The molecule has 2 heterocycles. The molecule has 0 spiro atoms.